The number of carbonyl (C=O) groups is 2. The predicted octanol–water partition coefficient (Wildman–Crippen LogP) is 3.26. The monoisotopic (exact) mass is 462 g/mol. The van der Waals surface area contributed by atoms with Crippen molar-refractivity contribution in [2.75, 3.05) is 41.5 Å². The highest BCUT2D eigenvalue weighted by Gasteiger charge is 2.27. The van der Waals surface area contributed by atoms with Crippen LogP contribution in [0.4, 0.5) is 0 Å². The summed E-state index contributed by atoms with van der Waals surface area (Å²) in [5.41, 5.74) is 5.46. The normalized spacial score (nSPS) is 21.3. The topological polar surface area (TPSA) is 77.1 Å². The van der Waals surface area contributed by atoms with Crippen molar-refractivity contribution in [3.63, 3.8) is 0 Å². The molecular weight excluding hydrogens is 432 g/mol. The van der Waals surface area contributed by atoms with Gasteiger partial charge in [-0.15, -0.1) is 0 Å². The molecule has 1 N–H and O–H groups in total. The molecule has 2 aliphatic carbocycles. The zero-order valence-electron chi connectivity index (χ0n) is 20.2. The summed E-state index contributed by atoms with van der Waals surface area (Å²) in [6.07, 6.45) is 7.99. The number of rotatable bonds is 6. The molecule has 1 aromatic carbocycles. The van der Waals surface area contributed by atoms with E-state index in [1.807, 2.05) is 31.2 Å². The standard InChI is InChI=1S/C27H30N2O5/c1-16-21(10-17-11-24(33-4)27(31)25(12-17)34-5)20-7-6-19(32-3)13-23(20)22(16)14-26(30)28-18-8-9-29(2)15-18/h6-7,10-14,18H,8-9,15H2,1-5H3,(H,28,30). The summed E-state index contributed by atoms with van der Waals surface area (Å²) >= 11 is 0. The van der Waals surface area contributed by atoms with E-state index in [0.29, 0.717) is 0 Å². The van der Waals surface area contributed by atoms with Crippen molar-refractivity contribution in [1.29, 1.82) is 0 Å². The molecular formula is C27H30N2O5. The van der Waals surface area contributed by atoms with Crippen LogP contribution in [0.5, 0.6) is 5.75 Å². The minimum Gasteiger partial charge on any atom is -0.497 e. The zero-order chi connectivity index (χ0) is 24.4. The van der Waals surface area contributed by atoms with Crippen LogP contribution in [-0.4, -0.2) is 64.1 Å². The molecule has 0 radical (unpaired) electrons. The van der Waals surface area contributed by atoms with E-state index >= 15 is 0 Å². The van der Waals surface area contributed by atoms with Crippen molar-refractivity contribution < 1.29 is 23.8 Å². The van der Waals surface area contributed by atoms with Crippen molar-refractivity contribution >= 4 is 22.8 Å². The SMILES string of the molecule is COC1=CC(=CC2=C(C)C(=CC(=O)NC3CCN(C)C3)c3cc(OC)ccc32)C=C(OC)C1=O. The molecule has 1 atom stereocenters. The van der Waals surface area contributed by atoms with Crippen LogP contribution in [0, 0.1) is 0 Å². The number of Topliss-reactive ketones (excluding diaryl/α,β-unsaturated/α-hetero) is 1. The number of ketones is 1. The number of likely N-dealkylation sites (tertiary alicyclic amines) is 1. The van der Waals surface area contributed by atoms with E-state index in [9.17, 15) is 9.59 Å². The summed E-state index contributed by atoms with van der Waals surface area (Å²) in [5, 5.41) is 3.13. The van der Waals surface area contributed by atoms with Gasteiger partial charge in [-0.1, -0.05) is 6.07 Å². The lowest BCUT2D eigenvalue weighted by Crippen LogP contribution is -2.35. The van der Waals surface area contributed by atoms with E-state index in [0.717, 1.165) is 58.7 Å². The van der Waals surface area contributed by atoms with Gasteiger partial charge in [0.1, 0.15) is 5.75 Å². The Morgan fingerprint density at radius 2 is 1.79 bits per heavy atom. The van der Waals surface area contributed by atoms with Gasteiger partial charge in [0.25, 0.3) is 5.78 Å². The van der Waals surface area contributed by atoms with E-state index in [-0.39, 0.29) is 29.3 Å². The first-order chi connectivity index (χ1) is 16.3. The third-order valence-electron chi connectivity index (χ3n) is 6.42. The largest absolute Gasteiger partial charge is 0.497 e. The molecule has 178 valence electrons. The van der Waals surface area contributed by atoms with E-state index in [1.165, 1.54) is 14.2 Å². The Morgan fingerprint density at radius 1 is 1.09 bits per heavy atom. The highest BCUT2D eigenvalue weighted by atomic mass is 16.5. The molecule has 0 bridgehead atoms. The zero-order valence-corrected chi connectivity index (χ0v) is 20.2. The molecule has 1 amide bonds. The van der Waals surface area contributed by atoms with Crippen LogP contribution < -0.4 is 10.1 Å². The molecule has 1 aliphatic heterocycles. The van der Waals surface area contributed by atoms with Crippen molar-refractivity contribution in [2.45, 2.75) is 19.4 Å². The maximum atomic E-state index is 12.9. The smallest absolute Gasteiger partial charge is 0.261 e. The van der Waals surface area contributed by atoms with Gasteiger partial charge in [0, 0.05) is 18.7 Å². The van der Waals surface area contributed by atoms with Crippen LogP contribution in [0.25, 0.3) is 11.1 Å². The Bertz CT molecular complexity index is 1160. The number of nitrogens with one attached hydrogen (secondary N) is 1. The van der Waals surface area contributed by atoms with Crippen molar-refractivity contribution in [3.05, 3.63) is 76.3 Å². The summed E-state index contributed by atoms with van der Waals surface area (Å²) < 4.78 is 15.9. The fourth-order valence-electron chi connectivity index (χ4n) is 4.61. The van der Waals surface area contributed by atoms with E-state index in [4.69, 9.17) is 14.2 Å². The molecule has 0 saturated carbocycles. The number of methoxy groups -OCH3 is 3. The number of nitrogens with zero attached hydrogens (tertiary/aromatic N) is 1. The van der Waals surface area contributed by atoms with Crippen LogP contribution in [0.15, 0.2) is 65.2 Å². The second kappa shape index (κ2) is 9.73. The van der Waals surface area contributed by atoms with E-state index in [1.54, 1.807) is 25.3 Å². The highest BCUT2D eigenvalue weighted by Crippen LogP contribution is 2.44. The Kier molecular flexibility index (Phi) is 6.75. The van der Waals surface area contributed by atoms with Crippen molar-refractivity contribution in [3.8, 4) is 5.75 Å². The molecule has 1 unspecified atom stereocenters. The molecule has 1 heterocycles. The Balaban J connectivity index is 1.75. The number of ether oxygens (including phenoxy) is 3. The number of amides is 1. The average molecular weight is 463 g/mol. The van der Waals surface area contributed by atoms with Gasteiger partial charge < -0.3 is 24.4 Å². The third kappa shape index (κ3) is 4.56. The summed E-state index contributed by atoms with van der Waals surface area (Å²) in [6.45, 7) is 3.83. The maximum Gasteiger partial charge on any atom is 0.261 e. The number of carbonyl (C=O) groups excluding carboxylic acids is 2. The molecule has 0 aromatic heterocycles. The van der Waals surface area contributed by atoms with Gasteiger partial charge in [-0.25, -0.2) is 0 Å². The fourth-order valence-corrected chi connectivity index (χ4v) is 4.61. The molecule has 0 spiro atoms. The van der Waals surface area contributed by atoms with Crippen molar-refractivity contribution in [2.24, 2.45) is 0 Å². The molecule has 7 nitrogen and oxygen atoms in total. The number of likely N-dealkylation sites (N-methyl/N-ethyl adjacent to an activating group) is 1. The number of fused-ring (bicyclic) bond motifs is 1. The first-order valence-corrected chi connectivity index (χ1v) is 11.2. The maximum absolute atomic E-state index is 12.9. The first-order valence-electron chi connectivity index (χ1n) is 11.2. The molecule has 3 aliphatic rings. The minimum absolute atomic E-state index is 0.108. The van der Waals surface area contributed by atoms with Crippen LogP contribution in [0.3, 0.4) is 0 Å². The summed E-state index contributed by atoms with van der Waals surface area (Å²) in [5.74, 6) is 0.750. The number of hydrogen-bond acceptors (Lipinski definition) is 6. The predicted molar refractivity (Wildman–Crippen MR) is 131 cm³/mol. The Hall–Kier alpha value is -3.58. The van der Waals surface area contributed by atoms with Gasteiger partial charge in [0.2, 0.25) is 5.91 Å². The van der Waals surface area contributed by atoms with Gasteiger partial charge in [-0.05, 0) is 90.7 Å². The van der Waals surface area contributed by atoms with Crippen LogP contribution >= 0.6 is 0 Å². The first kappa shape index (κ1) is 23.6. The minimum atomic E-state index is -0.292. The fraction of sp³-hybridized carbons (Fsp3) is 0.333. The van der Waals surface area contributed by atoms with E-state index in [2.05, 4.69) is 17.3 Å². The molecule has 34 heavy (non-hydrogen) atoms. The van der Waals surface area contributed by atoms with Crippen LogP contribution in [0.1, 0.15) is 24.5 Å². The van der Waals surface area contributed by atoms with Gasteiger partial charge in [-0.2, -0.15) is 0 Å². The number of benzene rings is 1. The number of hydrogen-bond donors (Lipinski definition) is 1. The summed E-state index contributed by atoms with van der Waals surface area (Å²) in [7, 11) is 6.61. The second-order valence-electron chi connectivity index (χ2n) is 8.66. The van der Waals surface area contributed by atoms with Gasteiger partial charge in [0.15, 0.2) is 11.5 Å². The van der Waals surface area contributed by atoms with Crippen LogP contribution in [-0.2, 0) is 19.1 Å². The number of allylic oxidation sites excluding steroid dienone is 7. The summed E-state index contributed by atoms with van der Waals surface area (Å²) in [6, 6.07) is 6.00. The molecule has 1 fully saturated rings. The Labute approximate surface area is 200 Å². The molecule has 1 aromatic rings. The van der Waals surface area contributed by atoms with Gasteiger partial charge in [-0.3, -0.25) is 9.59 Å². The molecule has 4 rings (SSSR count). The van der Waals surface area contributed by atoms with Gasteiger partial charge in [0.05, 0.1) is 21.3 Å². The lowest BCUT2D eigenvalue weighted by atomic mass is 9.99. The average Bonchev–Trinajstić information content (AvgIpc) is 3.35. The highest BCUT2D eigenvalue weighted by molar-refractivity contribution is 6.10. The van der Waals surface area contributed by atoms with E-state index < -0.39 is 0 Å². The van der Waals surface area contributed by atoms with Crippen molar-refractivity contribution in [1.82, 2.24) is 10.2 Å². The Morgan fingerprint density at radius 3 is 2.38 bits per heavy atom. The van der Waals surface area contributed by atoms with Crippen LogP contribution in [0.2, 0.25) is 0 Å². The third-order valence-corrected chi connectivity index (χ3v) is 6.42. The lowest BCUT2D eigenvalue weighted by Gasteiger charge is -2.14. The molecule has 1 saturated heterocycles. The van der Waals surface area contributed by atoms with Gasteiger partial charge >= 0.3 is 0 Å². The summed E-state index contributed by atoms with van der Waals surface area (Å²) in [4.78, 5) is 27.5. The second-order valence-corrected chi connectivity index (χ2v) is 8.66. The quantitative estimate of drug-likeness (QED) is 0.654. The molecule has 7 heteroatoms. The lowest BCUT2D eigenvalue weighted by molar-refractivity contribution is -0.118.